The number of benzene rings is 2. The van der Waals surface area contributed by atoms with E-state index >= 15 is 0 Å². The van der Waals surface area contributed by atoms with Gasteiger partial charge in [-0.15, -0.1) is 0 Å². The standard InChI is InChI=1S/C24H25BrN4O6/c1-5-14(3)22-27-19-9-8-17(25)12-18(19)23(30)28(22)26-13-16-7-10-21(20(11-16)29(32)33)35-15(4)24(31)34-6-2/h7-15H,5-6H2,1-4H3/t14-,15+/m0/s1. The Hall–Kier alpha value is -3.60. The van der Waals surface area contributed by atoms with Crippen molar-refractivity contribution in [2.24, 2.45) is 5.10 Å². The maximum atomic E-state index is 13.2. The highest BCUT2D eigenvalue weighted by atomic mass is 79.9. The number of aromatic nitrogens is 2. The van der Waals surface area contributed by atoms with E-state index in [9.17, 15) is 19.7 Å². The van der Waals surface area contributed by atoms with Crippen LogP contribution in [0.5, 0.6) is 5.75 Å². The third-order valence-corrected chi connectivity index (χ3v) is 5.80. The summed E-state index contributed by atoms with van der Waals surface area (Å²) in [4.78, 5) is 40.7. The van der Waals surface area contributed by atoms with Gasteiger partial charge in [0.1, 0.15) is 5.82 Å². The predicted molar refractivity (Wildman–Crippen MR) is 135 cm³/mol. The highest BCUT2D eigenvalue weighted by Crippen LogP contribution is 2.29. The molecular weight excluding hydrogens is 520 g/mol. The van der Waals surface area contributed by atoms with Crippen LogP contribution in [0.2, 0.25) is 0 Å². The number of halogens is 1. The first-order chi connectivity index (χ1) is 16.7. The summed E-state index contributed by atoms with van der Waals surface area (Å²) in [5.74, 6) is -0.272. The zero-order valence-electron chi connectivity index (χ0n) is 19.7. The van der Waals surface area contributed by atoms with Gasteiger partial charge in [-0.2, -0.15) is 9.78 Å². The van der Waals surface area contributed by atoms with E-state index in [1.165, 1.54) is 29.9 Å². The number of carbonyl (C=O) groups excluding carboxylic acids is 1. The molecule has 0 N–H and O–H groups in total. The monoisotopic (exact) mass is 544 g/mol. The molecule has 3 aromatic rings. The second-order valence-electron chi connectivity index (χ2n) is 7.80. The fourth-order valence-corrected chi connectivity index (χ4v) is 3.62. The van der Waals surface area contributed by atoms with Crippen LogP contribution in [0.1, 0.15) is 51.4 Å². The number of nitrogens with zero attached hydrogens (tertiary/aromatic N) is 4. The lowest BCUT2D eigenvalue weighted by molar-refractivity contribution is -0.386. The number of ether oxygens (including phenoxy) is 2. The fraction of sp³-hybridized carbons (Fsp3) is 0.333. The van der Waals surface area contributed by atoms with E-state index in [4.69, 9.17) is 9.47 Å². The van der Waals surface area contributed by atoms with Crippen LogP contribution in [0.25, 0.3) is 10.9 Å². The van der Waals surface area contributed by atoms with E-state index in [0.717, 1.165) is 10.9 Å². The van der Waals surface area contributed by atoms with Gasteiger partial charge in [-0.1, -0.05) is 29.8 Å². The first-order valence-corrected chi connectivity index (χ1v) is 11.8. The van der Waals surface area contributed by atoms with Gasteiger partial charge >= 0.3 is 11.7 Å². The maximum Gasteiger partial charge on any atom is 0.347 e. The lowest BCUT2D eigenvalue weighted by atomic mass is 10.1. The quantitative estimate of drug-likeness (QED) is 0.164. The number of rotatable bonds is 9. The molecule has 35 heavy (non-hydrogen) atoms. The Labute approximate surface area is 209 Å². The average Bonchev–Trinajstić information content (AvgIpc) is 2.83. The van der Waals surface area contributed by atoms with Crippen molar-refractivity contribution in [1.82, 2.24) is 9.66 Å². The van der Waals surface area contributed by atoms with E-state index in [1.54, 1.807) is 25.1 Å². The zero-order valence-corrected chi connectivity index (χ0v) is 21.3. The summed E-state index contributed by atoms with van der Waals surface area (Å²) in [5.41, 5.74) is 0.234. The molecular formula is C24H25BrN4O6. The van der Waals surface area contributed by atoms with Crippen LogP contribution in [0, 0.1) is 10.1 Å². The normalized spacial score (nSPS) is 13.1. The minimum atomic E-state index is -1.02. The molecule has 2 aromatic carbocycles. The molecule has 0 saturated heterocycles. The first kappa shape index (κ1) is 26.0. The van der Waals surface area contributed by atoms with Gasteiger partial charge in [0.2, 0.25) is 0 Å². The van der Waals surface area contributed by atoms with Gasteiger partial charge in [-0.05, 0) is 50.6 Å². The summed E-state index contributed by atoms with van der Waals surface area (Å²) in [5, 5.41) is 16.4. The summed E-state index contributed by atoms with van der Waals surface area (Å²) >= 11 is 3.37. The van der Waals surface area contributed by atoms with E-state index < -0.39 is 17.0 Å². The Morgan fingerprint density at radius 1 is 1.26 bits per heavy atom. The third kappa shape index (κ3) is 5.91. The van der Waals surface area contributed by atoms with Crippen LogP contribution in [0.15, 0.2) is 50.8 Å². The van der Waals surface area contributed by atoms with Gasteiger partial charge in [-0.25, -0.2) is 9.78 Å². The van der Waals surface area contributed by atoms with Crippen LogP contribution < -0.4 is 10.3 Å². The molecule has 0 amide bonds. The van der Waals surface area contributed by atoms with E-state index in [0.29, 0.717) is 22.3 Å². The number of nitro groups is 1. The zero-order chi connectivity index (χ0) is 25.7. The lowest BCUT2D eigenvalue weighted by Crippen LogP contribution is -2.26. The molecule has 0 spiro atoms. The highest BCUT2D eigenvalue weighted by molar-refractivity contribution is 9.10. The maximum absolute atomic E-state index is 13.2. The molecule has 3 rings (SSSR count). The van der Waals surface area contributed by atoms with Crippen molar-refractivity contribution in [3.05, 3.63) is 72.7 Å². The lowest BCUT2D eigenvalue weighted by Gasteiger charge is -2.14. The van der Waals surface area contributed by atoms with Crippen LogP contribution in [0.4, 0.5) is 5.69 Å². The van der Waals surface area contributed by atoms with E-state index in [1.807, 2.05) is 19.9 Å². The molecule has 0 aliphatic heterocycles. The van der Waals surface area contributed by atoms with Gasteiger partial charge < -0.3 is 9.47 Å². The van der Waals surface area contributed by atoms with Crippen molar-refractivity contribution in [2.45, 2.75) is 46.1 Å². The topological polar surface area (TPSA) is 126 Å². The number of esters is 1. The van der Waals surface area contributed by atoms with Crippen LogP contribution >= 0.6 is 15.9 Å². The fourth-order valence-electron chi connectivity index (χ4n) is 3.26. The number of hydrogen-bond donors (Lipinski definition) is 0. The van der Waals surface area contributed by atoms with Crippen LogP contribution in [0.3, 0.4) is 0 Å². The summed E-state index contributed by atoms with van der Waals surface area (Å²) in [6.07, 6.45) is 1.07. The Morgan fingerprint density at radius 3 is 2.66 bits per heavy atom. The van der Waals surface area contributed by atoms with Crippen molar-refractivity contribution in [1.29, 1.82) is 0 Å². The van der Waals surface area contributed by atoms with Crippen molar-refractivity contribution in [3.8, 4) is 5.75 Å². The SMILES string of the molecule is CCOC(=O)[C@@H](C)Oc1ccc(C=Nn2c([C@@H](C)CC)nc3ccc(Br)cc3c2=O)cc1[N+](=O)[O-]. The minimum absolute atomic E-state index is 0.0534. The van der Waals surface area contributed by atoms with E-state index in [2.05, 4.69) is 26.0 Å². The van der Waals surface area contributed by atoms with Crippen LogP contribution in [-0.4, -0.2) is 39.5 Å². The molecule has 0 bridgehead atoms. The molecule has 184 valence electrons. The smallest absolute Gasteiger partial charge is 0.347 e. The second-order valence-corrected chi connectivity index (χ2v) is 8.71. The molecule has 0 radical (unpaired) electrons. The van der Waals surface area contributed by atoms with Gasteiger partial charge in [-0.3, -0.25) is 14.9 Å². The molecule has 0 saturated carbocycles. The molecule has 0 unspecified atom stereocenters. The number of nitro benzene ring substituents is 1. The summed E-state index contributed by atoms with van der Waals surface area (Å²) in [6, 6.07) is 9.44. The molecule has 11 heteroatoms. The van der Waals surface area contributed by atoms with Crippen molar-refractivity contribution < 1.29 is 19.2 Å². The van der Waals surface area contributed by atoms with Crippen LogP contribution in [-0.2, 0) is 9.53 Å². The molecule has 1 heterocycles. The Bertz CT molecular complexity index is 1350. The van der Waals surface area contributed by atoms with E-state index in [-0.39, 0.29) is 29.5 Å². The number of carbonyl (C=O) groups is 1. The minimum Gasteiger partial charge on any atom is -0.472 e. The van der Waals surface area contributed by atoms with Crippen molar-refractivity contribution in [2.75, 3.05) is 6.61 Å². The highest BCUT2D eigenvalue weighted by Gasteiger charge is 2.22. The largest absolute Gasteiger partial charge is 0.472 e. The summed E-state index contributed by atoms with van der Waals surface area (Å²) in [7, 11) is 0. The number of hydrogen-bond acceptors (Lipinski definition) is 8. The van der Waals surface area contributed by atoms with Gasteiger partial charge in [0.05, 0.1) is 28.6 Å². The molecule has 1 aromatic heterocycles. The first-order valence-electron chi connectivity index (χ1n) is 11.0. The molecule has 0 aliphatic rings. The number of fused-ring (bicyclic) bond motifs is 1. The second kappa shape index (κ2) is 11.2. The third-order valence-electron chi connectivity index (χ3n) is 5.31. The van der Waals surface area contributed by atoms with Gasteiger partial charge in [0.25, 0.3) is 5.56 Å². The molecule has 10 nitrogen and oxygen atoms in total. The predicted octanol–water partition coefficient (Wildman–Crippen LogP) is 4.79. The Balaban J connectivity index is 2.03. The van der Waals surface area contributed by atoms with Gasteiger partial charge in [0, 0.05) is 22.0 Å². The average molecular weight is 545 g/mol. The summed E-state index contributed by atoms with van der Waals surface area (Å²) < 4.78 is 12.3. The van der Waals surface area contributed by atoms with Gasteiger partial charge in [0.15, 0.2) is 11.9 Å². The Kier molecular flexibility index (Phi) is 8.34. The molecule has 0 fully saturated rings. The van der Waals surface area contributed by atoms with Crippen molar-refractivity contribution >= 4 is 44.7 Å². The molecule has 0 aliphatic carbocycles. The van der Waals surface area contributed by atoms with Crippen molar-refractivity contribution in [3.63, 3.8) is 0 Å². The molecule has 2 atom stereocenters. The Morgan fingerprint density at radius 2 is 2.00 bits per heavy atom. The summed E-state index contributed by atoms with van der Waals surface area (Å²) in [6.45, 7) is 7.20.